The third kappa shape index (κ3) is 1.65. The topological polar surface area (TPSA) is 24.9 Å². The van der Waals surface area contributed by atoms with Gasteiger partial charge < -0.3 is 5.32 Å². The fourth-order valence-electron chi connectivity index (χ4n) is 1.91. The zero-order valence-corrected chi connectivity index (χ0v) is 8.70. The van der Waals surface area contributed by atoms with Crippen molar-refractivity contribution in [1.29, 1.82) is 0 Å². The predicted molar refractivity (Wildman–Crippen MR) is 60.1 cm³/mol. The van der Waals surface area contributed by atoms with Gasteiger partial charge in [0.1, 0.15) is 0 Å². The first-order chi connectivity index (χ1) is 6.81. The molecule has 2 heterocycles. The van der Waals surface area contributed by atoms with Crippen LogP contribution >= 0.6 is 0 Å². The summed E-state index contributed by atoms with van der Waals surface area (Å²) in [5.74, 6) is 0.613. The molecule has 2 nitrogen and oxygen atoms in total. The number of rotatable bonds is 1. The Hall–Kier alpha value is -1.31. The summed E-state index contributed by atoms with van der Waals surface area (Å²) >= 11 is 0. The van der Waals surface area contributed by atoms with Crippen molar-refractivity contribution >= 4 is 11.8 Å². The molecular weight excluding hydrogens is 172 g/mol. The molecule has 74 valence electrons. The Bertz CT molecular complexity index is 344. The number of hydrogen-bond acceptors (Lipinski definition) is 2. The molecule has 0 bridgehead atoms. The van der Waals surface area contributed by atoms with Crippen molar-refractivity contribution in [3.8, 4) is 0 Å². The Morgan fingerprint density at radius 3 is 3.14 bits per heavy atom. The van der Waals surface area contributed by atoms with E-state index in [-0.39, 0.29) is 0 Å². The van der Waals surface area contributed by atoms with E-state index in [1.54, 1.807) is 0 Å². The second-order valence-electron chi connectivity index (χ2n) is 3.83. The fraction of sp³-hybridized carbons (Fsp3) is 0.417. The van der Waals surface area contributed by atoms with E-state index in [2.05, 4.69) is 36.3 Å². The standard InChI is InChI=1S/C12H16N2/c1-3-10-4-5-11-6-7-13-8-12(11)14-9(10)2/h4-10,14H,3H2,1-2H3. The molecular formula is C12H16N2. The molecule has 0 saturated carbocycles. The van der Waals surface area contributed by atoms with Crippen molar-refractivity contribution in [2.24, 2.45) is 5.92 Å². The number of nitrogens with zero attached hydrogens (tertiary/aromatic N) is 1. The monoisotopic (exact) mass is 188 g/mol. The molecule has 1 aliphatic rings. The van der Waals surface area contributed by atoms with Crippen LogP contribution in [0, 0.1) is 5.92 Å². The van der Waals surface area contributed by atoms with Gasteiger partial charge in [-0.25, -0.2) is 0 Å². The summed E-state index contributed by atoms with van der Waals surface area (Å²) in [5, 5.41) is 3.50. The summed E-state index contributed by atoms with van der Waals surface area (Å²) in [7, 11) is 0. The van der Waals surface area contributed by atoms with Gasteiger partial charge in [-0.3, -0.25) is 4.98 Å². The van der Waals surface area contributed by atoms with Crippen molar-refractivity contribution in [1.82, 2.24) is 4.98 Å². The molecule has 0 aliphatic carbocycles. The van der Waals surface area contributed by atoms with Gasteiger partial charge in [0.2, 0.25) is 0 Å². The van der Waals surface area contributed by atoms with Gasteiger partial charge in [0, 0.05) is 17.8 Å². The van der Waals surface area contributed by atoms with Crippen LogP contribution in [0.3, 0.4) is 0 Å². The summed E-state index contributed by atoms with van der Waals surface area (Å²) < 4.78 is 0. The van der Waals surface area contributed by atoms with Crippen LogP contribution < -0.4 is 5.32 Å². The van der Waals surface area contributed by atoms with E-state index in [4.69, 9.17) is 0 Å². The van der Waals surface area contributed by atoms with E-state index in [1.807, 2.05) is 18.5 Å². The van der Waals surface area contributed by atoms with E-state index in [0.717, 1.165) is 5.69 Å². The van der Waals surface area contributed by atoms with Gasteiger partial charge in [0.25, 0.3) is 0 Å². The molecule has 1 aliphatic heterocycles. The van der Waals surface area contributed by atoms with Gasteiger partial charge in [0.05, 0.1) is 11.9 Å². The fourth-order valence-corrected chi connectivity index (χ4v) is 1.91. The van der Waals surface area contributed by atoms with E-state index in [0.29, 0.717) is 12.0 Å². The molecule has 0 fully saturated rings. The average Bonchev–Trinajstić information content (AvgIpc) is 2.36. The molecule has 1 aromatic heterocycles. The summed E-state index contributed by atoms with van der Waals surface area (Å²) in [5.41, 5.74) is 2.38. The van der Waals surface area contributed by atoms with Gasteiger partial charge in [-0.05, 0) is 25.3 Å². The minimum Gasteiger partial charge on any atom is -0.380 e. The van der Waals surface area contributed by atoms with Crippen molar-refractivity contribution in [3.05, 3.63) is 30.1 Å². The normalized spacial score (nSPS) is 25.0. The van der Waals surface area contributed by atoms with Crippen molar-refractivity contribution < 1.29 is 0 Å². The molecule has 2 unspecified atom stereocenters. The van der Waals surface area contributed by atoms with Crippen molar-refractivity contribution in [2.75, 3.05) is 5.32 Å². The quantitative estimate of drug-likeness (QED) is 0.733. The van der Waals surface area contributed by atoms with Crippen molar-refractivity contribution in [2.45, 2.75) is 26.3 Å². The molecule has 0 spiro atoms. The summed E-state index contributed by atoms with van der Waals surface area (Å²) in [6.07, 6.45) is 9.40. The van der Waals surface area contributed by atoms with E-state index >= 15 is 0 Å². The minimum absolute atomic E-state index is 0.488. The highest BCUT2D eigenvalue weighted by atomic mass is 14.9. The lowest BCUT2D eigenvalue weighted by Gasteiger charge is -2.19. The maximum atomic E-state index is 4.13. The second kappa shape index (κ2) is 3.82. The number of aromatic nitrogens is 1. The molecule has 2 heteroatoms. The zero-order valence-electron chi connectivity index (χ0n) is 8.70. The van der Waals surface area contributed by atoms with Gasteiger partial charge in [-0.15, -0.1) is 0 Å². The number of fused-ring (bicyclic) bond motifs is 1. The Kier molecular flexibility index (Phi) is 2.53. The van der Waals surface area contributed by atoms with Crippen LogP contribution in [0.2, 0.25) is 0 Å². The number of pyridine rings is 1. The van der Waals surface area contributed by atoms with Gasteiger partial charge in [-0.2, -0.15) is 0 Å². The highest BCUT2D eigenvalue weighted by Crippen LogP contribution is 2.25. The average molecular weight is 188 g/mol. The molecule has 2 atom stereocenters. The second-order valence-corrected chi connectivity index (χ2v) is 3.83. The van der Waals surface area contributed by atoms with E-state index in [1.165, 1.54) is 12.0 Å². The van der Waals surface area contributed by atoms with Crippen LogP contribution in [0.15, 0.2) is 24.5 Å². The SMILES string of the molecule is CCC1C=Cc2ccncc2NC1C. The largest absolute Gasteiger partial charge is 0.380 e. The highest BCUT2D eigenvalue weighted by molar-refractivity contribution is 5.67. The lowest BCUT2D eigenvalue weighted by Crippen LogP contribution is -2.23. The summed E-state index contributed by atoms with van der Waals surface area (Å²) in [4.78, 5) is 4.13. The lowest BCUT2D eigenvalue weighted by atomic mass is 9.98. The smallest absolute Gasteiger partial charge is 0.0602 e. The molecule has 14 heavy (non-hydrogen) atoms. The van der Waals surface area contributed by atoms with Gasteiger partial charge >= 0.3 is 0 Å². The van der Waals surface area contributed by atoms with E-state index in [9.17, 15) is 0 Å². The third-order valence-corrected chi connectivity index (χ3v) is 2.87. The van der Waals surface area contributed by atoms with Crippen LogP contribution in [0.5, 0.6) is 0 Å². The summed E-state index contributed by atoms with van der Waals surface area (Å²) in [6.45, 7) is 4.45. The van der Waals surface area contributed by atoms with Crippen LogP contribution in [-0.4, -0.2) is 11.0 Å². The first kappa shape index (κ1) is 9.25. The molecule has 0 saturated heterocycles. The molecule has 2 rings (SSSR count). The molecule has 0 radical (unpaired) electrons. The molecule has 0 amide bonds. The molecule has 0 aromatic carbocycles. The Balaban J connectivity index is 2.34. The number of nitrogens with one attached hydrogen (secondary N) is 1. The zero-order chi connectivity index (χ0) is 9.97. The first-order valence-corrected chi connectivity index (χ1v) is 5.20. The van der Waals surface area contributed by atoms with Gasteiger partial charge in [-0.1, -0.05) is 19.1 Å². The Morgan fingerprint density at radius 2 is 2.36 bits per heavy atom. The molecule has 1 N–H and O–H groups in total. The number of hydrogen-bond donors (Lipinski definition) is 1. The highest BCUT2D eigenvalue weighted by Gasteiger charge is 2.16. The van der Waals surface area contributed by atoms with E-state index < -0.39 is 0 Å². The van der Waals surface area contributed by atoms with Crippen LogP contribution in [0.4, 0.5) is 5.69 Å². The minimum atomic E-state index is 0.488. The first-order valence-electron chi connectivity index (χ1n) is 5.20. The van der Waals surface area contributed by atoms with Gasteiger partial charge in [0.15, 0.2) is 0 Å². The third-order valence-electron chi connectivity index (χ3n) is 2.87. The number of anilines is 1. The Labute approximate surface area is 85.1 Å². The molecule has 1 aromatic rings. The predicted octanol–water partition coefficient (Wildman–Crippen LogP) is 2.94. The summed E-state index contributed by atoms with van der Waals surface area (Å²) in [6, 6.07) is 2.53. The Morgan fingerprint density at radius 1 is 1.50 bits per heavy atom. The van der Waals surface area contributed by atoms with Crippen molar-refractivity contribution in [3.63, 3.8) is 0 Å². The maximum absolute atomic E-state index is 4.13. The lowest BCUT2D eigenvalue weighted by molar-refractivity contribution is 0.552. The maximum Gasteiger partial charge on any atom is 0.0602 e. The van der Waals surface area contributed by atoms with Crippen LogP contribution in [-0.2, 0) is 0 Å². The van der Waals surface area contributed by atoms with Crippen LogP contribution in [0.1, 0.15) is 25.8 Å². The van der Waals surface area contributed by atoms with Crippen LogP contribution in [0.25, 0.3) is 6.08 Å².